The number of hydrogen-bond donors (Lipinski definition) is 2. The SMILES string of the molecule is N#CC(C#N)=NNc1c(I)cc(C(=O)O)cc1I. The summed E-state index contributed by atoms with van der Waals surface area (Å²) in [6.07, 6.45) is 0. The van der Waals surface area contributed by atoms with Crippen LogP contribution in [-0.2, 0) is 0 Å². The van der Waals surface area contributed by atoms with Gasteiger partial charge >= 0.3 is 5.97 Å². The highest BCUT2D eigenvalue weighted by Crippen LogP contribution is 2.26. The molecule has 1 aromatic rings. The minimum absolute atomic E-state index is 0.166. The summed E-state index contributed by atoms with van der Waals surface area (Å²) in [4.78, 5) is 10.8. The van der Waals surface area contributed by atoms with Crippen LogP contribution in [0.15, 0.2) is 17.2 Å². The van der Waals surface area contributed by atoms with E-state index in [0.717, 1.165) is 0 Å². The van der Waals surface area contributed by atoms with E-state index in [4.69, 9.17) is 15.6 Å². The molecule has 0 aliphatic rings. The first-order chi connectivity index (χ1) is 8.49. The summed E-state index contributed by atoms with van der Waals surface area (Å²) in [5, 5.41) is 29.6. The molecule has 6 nitrogen and oxygen atoms in total. The summed E-state index contributed by atoms with van der Waals surface area (Å²) in [6, 6.07) is 6.18. The number of benzene rings is 1. The number of rotatable bonds is 3. The Kier molecular flexibility index (Phi) is 5.30. The van der Waals surface area contributed by atoms with Gasteiger partial charge < -0.3 is 5.11 Å². The van der Waals surface area contributed by atoms with Crippen molar-refractivity contribution >= 4 is 62.6 Å². The maximum absolute atomic E-state index is 10.8. The topological polar surface area (TPSA) is 109 Å². The van der Waals surface area contributed by atoms with Crippen molar-refractivity contribution in [3.05, 3.63) is 24.8 Å². The lowest BCUT2D eigenvalue weighted by atomic mass is 10.2. The highest BCUT2D eigenvalue weighted by Gasteiger charge is 2.11. The van der Waals surface area contributed by atoms with Crippen LogP contribution in [0.1, 0.15) is 10.4 Å². The third-order valence-corrected chi connectivity index (χ3v) is 3.48. The van der Waals surface area contributed by atoms with E-state index in [1.807, 2.05) is 45.2 Å². The van der Waals surface area contributed by atoms with Crippen LogP contribution >= 0.6 is 45.2 Å². The van der Waals surface area contributed by atoms with Crippen LogP contribution in [0.5, 0.6) is 0 Å². The lowest BCUT2D eigenvalue weighted by Crippen LogP contribution is -2.03. The van der Waals surface area contributed by atoms with E-state index in [2.05, 4.69) is 10.5 Å². The van der Waals surface area contributed by atoms with Gasteiger partial charge in [-0.25, -0.2) is 4.79 Å². The Morgan fingerprint density at radius 3 is 2.17 bits per heavy atom. The first kappa shape index (κ1) is 14.7. The van der Waals surface area contributed by atoms with Crippen molar-refractivity contribution in [2.24, 2.45) is 5.10 Å². The van der Waals surface area contributed by atoms with E-state index < -0.39 is 5.97 Å². The van der Waals surface area contributed by atoms with Crippen molar-refractivity contribution in [3.8, 4) is 12.1 Å². The number of nitrogens with one attached hydrogen (secondary N) is 1. The Morgan fingerprint density at radius 1 is 1.28 bits per heavy atom. The van der Waals surface area contributed by atoms with Crippen LogP contribution in [0.25, 0.3) is 0 Å². The smallest absolute Gasteiger partial charge is 0.335 e. The third-order valence-electron chi connectivity index (χ3n) is 1.78. The van der Waals surface area contributed by atoms with Gasteiger partial charge in [0.05, 0.1) is 11.3 Å². The Bertz CT molecular complexity index is 574. The molecule has 90 valence electrons. The zero-order valence-electron chi connectivity index (χ0n) is 8.61. The van der Waals surface area contributed by atoms with Gasteiger partial charge in [0.1, 0.15) is 12.1 Å². The van der Waals surface area contributed by atoms with Gasteiger partial charge in [-0.05, 0) is 57.3 Å². The average molecular weight is 466 g/mol. The van der Waals surface area contributed by atoms with Crippen LogP contribution < -0.4 is 5.43 Å². The van der Waals surface area contributed by atoms with E-state index >= 15 is 0 Å². The normalized spacial score (nSPS) is 8.89. The van der Waals surface area contributed by atoms with Crippen LogP contribution in [0.4, 0.5) is 5.69 Å². The van der Waals surface area contributed by atoms with Crippen molar-refractivity contribution in [2.75, 3.05) is 5.43 Å². The molecule has 0 saturated carbocycles. The minimum atomic E-state index is -1.02. The molecule has 0 bridgehead atoms. The Hall–Kier alpha value is -1.40. The molecule has 0 heterocycles. The van der Waals surface area contributed by atoms with Gasteiger partial charge in [0.15, 0.2) is 0 Å². The molecule has 0 amide bonds. The Morgan fingerprint density at radius 2 is 1.78 bits per heavy atom. The number of carboxylic acids is 1. The summed E-state index contributed by atoms with van der Waals surface area (Å²) in [6.45, 7) is 0. The fourth-order valence-electron chi connectivity index (χ4n) is 0.990. The fourth-order valence-corrected chi connectivity index (χ4v) is 3.00. The third kappa shape index (κ3) is 3.54. The molecule has 1 rings (SSSR count). The molecule has 0 atom stereocenters. The standard InChI is InChI=1S/C10H4I2N4O2/c11-7-1-5(10(17)18)2-8(12)9(7)16-15-6(3-13)4-14/h1-2,16H,(H,17,18). The summed E-state index contributed by atoms with van der Waals surface area (Å²) in [5.74, 6) is -1.02. The summed E-state index contributed by atoms with van der Waals surface area (Å²) in [5.41, 5.74) is 3.01. The average Bonchev–Trinajstić information content (AvgIpc) is 2.32. The van der Waals surface area contributed by atoms with Gasteiger partial charge in [0.2, 0.25) is 5.71 Å². The highest BCUT2D eigenvalue weighted by atomic mass is 127. The molecule has 8 heteroatoms. The second-order valence-corrected chi connectivity index (χ2v) is 5.24. The van der Waals surface area contributed by atoms with E-state index in [-0.39, 0.29) is 11.3 Å². The van der Waals surface area contributed by atoms with Gasteiger partial charge in [-0.15, -0.1) is 0 Å². The first-order valence-electron chi connectivity index (χ1n) is 4.35. The Balaban J connectivity index is 3.14. The van der Waals surface area contributed by atoms with E-state index in [9.17, 15) is 4.79 Å². The fraction of sp³-hybridized carbons (Fsp3) is 0. The summed E-state index contributed by atoms with van der Waals surface area (Å²) in [7, 11) is 0. The number of nitrogens with zero attached hydrogens (tertiary/aromatic N) is 3. The van der Waals surface area contributed by atoms with Gasteiger partial charge in [-0.3, -0.25) is 5.43 Å². The van der Waals surface area contributed by atoms with Crippen molar-refractivity contribution in [1.29, 1.82) is 10.5 Å². The molecule has 0 saturated heterocycles. The quantitative estimate of drug-likeness (QED) is 0.404. The molecule has 0 fully saturated rings. The highest BCUT2D eigenvalue weighted by molar-refractivity contribution is 14.1. The second kappa shape index (κ2) is 6.51. The van der Waals surface area contributed by atoms with E-state index in [1.54, 1.807) is 12.1 Å². The summed E-state index contributed by atoms with van der Waals surface area (Å²) < 4.78 is 1.27. The maximum atomic E-state index is 10.8. The van der Waals surface area contributed by atoms with Crippen LogP contribution in [-0.4, -0.2) is 16.8 Å². The van der Waals surface area contributed by atoms with Crippen LogP contribution in [0.3, 0.4) is 0 Å². The predicted octanol–water partition coefficient (Wildman–Crippen LogP) is 2.41. The van der Waals surface area contributed by atoms with Crippen molar-refractivity contribution < 1.29 is 9.90 Å². The number of aromatic carboxylic acids is 1. The van der Waals surface area contributed by atoms with E-state index in [0.29, 0.717) is 12.8 Å². The number of carboxylic acid groups (broad SMARTS) is 1. The number of carbonyl (C=O) groups is 1. The lowest BCUT2D eigenvalue weighted by Gasteiger charge is -2.07. The molecule has 0 aliphatic carbocycles. The number of anilines is 1. The minimum Gasteiger partial charge on any atom is -0.478 e. The van der Waals surface area contributed by atoms with Crippen LogP contribution in [0, 0.1) is 29.8 Å². The predicted molar refractivity (Wildman–Crippen MR) is 81.1 cm³/mol. The second-order valence-electron chi connectivity index (χ2n) is 2.92. The number of hydrazone groups is 1. The molecule has 1 aromatic carbocycles. The van der Waals surface area contributed by atoms with Crippen LogP contribution in [0.2, 0.25) is 0 Å². The zero-order chi connectivity index (χ0) is 13.7. The number of halogens is 2. The molecule has 2 N–H and O–H groups in total. The molecular weight excluding hydrogens is 462 g/mol. The first-order valence-corrected chi connectivity index (χ1v) is 6.51. The number of nitriles is 2. The van der Waals surface area contributed by atoms with Crippen molar-refractivity contribution in [3.63, 3.8) is 0 Å². The molecular formula is C10H4I2N4O2. The monoisotopic (exact) mass is 466 g/mol. The zero-order valence-corrected chi connectivity index (χ0v) is 12.9. The summed E-state index contributed by atoms with van der Waals surface area (Å²) >= 11 is 3.90. The number of hydrogen-bond acceptors (Lipinski definition) is 5. The van der Waals surface area contributed by atoms with Crippen molar-refractivity contribution in [1.82, 2.24) is 0 Å². The molecule has 0 spiro atoms. The van der Waals surface area contributed by atoms with Gasteiger partial charge in [0, 0.05) is 7.14 Å². The molecule has 0 radical (unpaired) electrons. The molecule has 0 unspecified atom stereocenters. The van der Waals surface area contributed by atoms with Gasteiger partial charge in [0.25, 0.3) is 0 Å². The van der Waals surface area contributed by atoms with Gasteiger partial charge in [-0.1, -0.05) is 0 Å². The lowest BCUT2D eigenvalue weighted by molar-refractivity contribution is 0.0696. The molecule has 18 heavy (non-hydrogen) atoms. The van der Waals surface area contributed by atoms with Crippen molar-refractivity contribution in [2.45, 2.75) is 0 Å². The van der Waals surface area contributed by atoms with Gasteiger partial charge in [-0.2, -0.15) is 15.6 Å². The molecule has 0 aromatic heterocycles. The largest absolute Gasteiger partial charge is 0.478 e. The molecule has 0 aliphatic heterocycles. The maximum Gasteiger partial charge on any atom is 0.335 e. The Labute approximate surface area is 130 Å². The van der Waals surface area contributed by atoms with E-state index in [1.165, 1.54) is 12.1 Å².